The summed E-state index contributed by atoms with van der Waals surface area (Å²) in [5.74, 6) is 1.63. The molecule has 1 aromatic carbocycles. The van der Waals surface area contributed by atoms with Crippen molar-refractivity contribution in [1.29, 1.82) is 0 Å². The topological polar surface area (TPSA) is 18.5 Å². The average molecular weight is 497 g/mol. The van der Waals surface area contributed by atoms with Gasteiger partial charge in [-0.25, -0.2) is 0 Å². The van der Waals surface area contributed by atoms with Gasteiger partial charge in [0.25, 0.3) is 0 Å². The average Bonchev–Trinajstić information content (AvgIpc) is 2.25. The van der Waals surface area contributed by atoms with Crippen LogP contribution in [-0.4, -0.2) is 22.1 Å². The molecule has 0 aliphatic rings. The monoisotopic (exact) mass is 496 g/mol. The minimum atomic E-state index is 0.706. The maximum atomic E-state index is 5.60. The van der Waals surface area contributed by atoms with Gasteiger partial charge in [0.2, 0.25) is 0 Å². The Bertz CT molecular complexity index is 307. The molecular formula is C10H11BrI2O2. The van der Waals surface area contributed by atoms with E-state index in [0.29, 0.717) is 13.2 Å². The van der Waals surface area contributed by atoms with Crippen LogP contribution in [0.5, 0.6) is 11.5 Å². The van der Waals surface area contributed by atoms with Gasteiger partial charge >= 0.3 is 0 Å². The summed E-state index contributed by atoms with van der Waals surface area (Å²) in [5.41, 5.74) is 0. The number of rotatable bonds is 6. The van der Waals surface area contributed by atoms with Crippen molar-refractivity contribution in [3.05, 3.63) is 22.7 Å². The zero-order valence-electron chi connectivity index (χ0n) is 8.01. The Hall–Kier alpha value is 0.760. The van der Waals surface area contributed by atoms with Crippen molar-refractivity contribution < 1.29 is 9.47 Å². The molecule has 1 rings (SSSR count). The second kappa shape index (κ2) is 7.94. The van der Waals surface area contributed by atoms with E-state index in [-0.39, 0.29) is 0 Å². The van der Waals surface area contributed by atoms with Gasteiger partial charge in [0.15, 0.2) is 11.5 Å². The molecule has 0 N–H and O–H groups in total. The zero-order chi connectivity index (χ0) is 11.1. The molecule has 0 bridgehead atoms. The molecule has 1 aromatic rings. The highest BCUT2D eigenvalue weighted by Gasteiger charge is 2.05. The lowest BCUT2D eigenvalue weighted by atomic mass is 10.3. The molecule has 0 heterocycles. The highest BCUT2D eigenvalue weighted by atomic mass is 127. The van der Waals surface area contributed by atoms with Crippen LogP contribution in [0.4, 0.5) is 0 Å². The van der Waals surface area contributed by atoms with Gasteiger partial charge in [-0.1, -0.05) is 61.1 Å². The van der Waals surface area contributed by atoms with Gasteiger partial charge in [-0.15, -0.1) is 0 Å². The van der Waals surface area contributed by atoms with Crippen molar-refractivity contribution in [2.45, 2.75) is 0 Å². The van der Waals surface area contributed by atoms with Crippen molar-refractivity contribution in [2.24, 2.45) is 0 Å². The van der Waals surface area contributed by atoms with Gasteiger partial charge in [0.05, 0.1) is 13.2 Å². The Morgan fingerprint density at radius 1 is 1.00 bits per heavy atom. The second-order valence-electron chi connectivity index (χ2n) is 2.67. The lowest BCUT2D eigenvalue weighted by molar-refractivity contribution is 0.293. The summed E-state index contributed by atoms with van der Waals surface area (Å²) in [6, 6.07) is 5.83. The summed E-state index contributed by atoms with van der Waals surface area (Å²) in [7, 11) is 0. The first kappa shape index (κ1) is 13.8. The third-order valence-corrected chi connectivity index (χ3v) is 2.95. The van der Waals surface area contributed by atoms with E-state index in [1.165, 1.54) is 0 Å². The third-order valence-electron chi connectivity index (χ3n) is 1.58. The van der Waals surface area contributed by atoms with Gasteiger partial charge < -0.3 is 9.47 Å². The SMILES string of the molecule is Brc1ccc(OCCI)c(OCCI)c1. The molecule has 0 amide bonds. The van der Waals surface area contributed by atoms with Gasteiger partial charge in [-0.3, -0.25) is 0 Å². The van der Waals surface area contributed by atoms with E-state index in [1.54, 1.807) is 0 Å². The maximum Gasteiger partial charge on any atom is 0.162 e. The summed E-state index contributed by atoms with van der Waals surface area (Å²) >= 11 is 7.99. The first-order valence-corrected chi connectivity index (χ1v) is 8.29. The molecule has 0 radical (unpaired) electrons. The summed E-state index contributed by atoms with van der Waals surface area (Å²) < 4.78 is 14.1. The minimum Gasteiger partial charge on any atom is -0.489 e. The summed E-state index contributed by atoms with van der Waals surface area (Å²) in [5, 5.41) is 0. The Labute approximate surface area is 126 Å². The summed E-state index contributed by atoms with van der Waals surface area (Å²) in [6.45, 7) is 1.42. The molecule has 0 unspecified atom stereocenters. The molecule has 0 saturated heterocycles. The first-order chi connectivity index (χ1) is 7.27. The Morgan fingerprint density at radius 2 is 1.60 bits per heavy atom. The number of hydrogen-bond donors (Lipinski definition) is 0. The van der Waals surface area contributed by atoms with Crippen LogP contribution in [0.1, 0.15) is 0 Å². The Morgan fingerprint density at radius 3 is 2.20 bits per heavy atom. The minimum absolute atomic E-state index is 0.706. The van der Waals surface area contributed by atoms with Crippen molar-refractivity contribution in [2.75, 3.05) is 22.1 Å². The number of ether oxygens (including phenoxy) is 2. The van der Waals surface area contributed by atoms with Crippen LogP contribution in [0.15, 0.2) is 22.7 Å². The summed E-state index contributed by atoms with van der Waals surface area (Å²) in [4.78, 5) is 0. The predicted molar refractivity (Wildman–Crippen MR) is 82.9 cm³/mol. The molecule has 0 aromatic heterocycles. The third kappa shape index (κ3) is 5.08. The van der Waals surface area contributed by atoms with Crippen molar-refractivity contribution in [3.8, 4) is 11.5 Å². The zero-order valence-corrected chi connectivity index (χ0v) is 13.9. The van der Waals surface area contributed by atoms with E-state index < -0.39 is 0 Å². The van der Waals surface area contributed by atoms with Crippen LogP contribution in [0.3, 0.4) is 0 Å². The lowest BCUT2D eigenvalue weighted by Gasteiger charge is -2.11. The van der Waals surface area contributed by atoms with E-state index in [4.69, 9.17) is 9.47 Å². The van der Waals surface area contributed by atoms with E-state index >= 15 is 0 Å². The molecular weight excluding hydrogens is 486 g/mol. The van der Waals surface area contributed by atoms with Crippen molar-refractivity contribution in [1.82, 2.24) is 0 Å². The highest BCUT2D eigenvalue weighted by Crippen LogP contribution is 2.30. The number of benzene rings is 1. The van der Waals surface area contributed by atoms with E-state index in [1.807, 2.05) is 18.2 Å². The number of hydrogen-bond acceptors (Lipinski definition) is 2. The van der Waals surface area contributed by atoms with Gasteiger partial charge in [0.1, 0.15) is 0 Å². The molecule has 84 valence electrons. The van der Waals surface area contributed by atoms with Gasteiger partial charge in [-0.05, 0) is 18.2 Å². The van der Waals surface area contributed by atoms with Crippen LogP contribution < -0.4 is 9.47 Å². The van der Waals surface area contributed by atoms with Crippen LogP contribution in [0, 0.1) is 0 Å². The Kier molecular flexibility index (Phi) is 7.32. The number of alkyl halides is 2. The van der Waals surface area contributed by atoms with Gasteiger partial charge in [0, 0.05) is 13.3 Å². The maximum absolute atomic E-state index is 5.60. The van der Waals surface area contributed by atoms with Crippen LogP contribution in [-0.2, 0) is 0 Å². The van der Waals surface area contributed by atoms with Crippen LogP contribution in [0.2, 0.25) is 0 Å². The predicted octanol–water partition coefficient (Wildman–Crippen LogP) is 4.08. The van der Waals surface area contributed by atoms with E-state index in [9.17, 15) is 0 Å². The molecule has 0 spiro atoms. The Balaban J connectivity index is 2.73. The largest absolute Gasteiger partial charge is 0.489 e. The van der Waals surface area contributed by atoms with Crippen molar-refractivity contribution >= 4 is 61.1 Å². The molecule has 0 saturated carbocycles. The molecule has 0 aliphatic carbocycles. The fourth-order valence-electron chi connectivity index (χ4n) is 1.01. The van der Waals surface area contributed by atoms with Crippen LogP contribution >= 0.6 is 61.1 Å². The molecule has 5 heteroatoms. The second-order valence-corrected chi connectivity index (χ2v) is 5.74. The van der Waals surface area contributed by atoms with Crippen LogP contribution in [0.25, 0.3) is 0 Å². The molecule has 15 heavy (non-hydrogen) atoms. The molecule has 2 nitrogen and oxygen atoms in total. The highest BCUT2D eigenvalue weighted by molar-refractivity contribution is 14.1. The van der Waals surface area contributed by atoms with E-state index in [0.717, 1.165) is 24.8 Å². The fraction of sp³-hybridized carbons (Fsp3) is 0.400. The quantitative estimate of drug-likeness (QED) is 0.436. The smallest absolute Gasteiger partial charge is 0.162 e. The molecule has 0 fully saturated rings. The first-order valence-electron chi connectivity index (χ1n) is 4.45. The molecule has 0 aliphatic heterocycles. The lowest BCUT2D eigenvalue weighted by Crippen LogP contribution is -2.03. The standard InChI is InChI=1S/C10H11BrI2O2/c11-8-1-2-9(14-5-3-12)10(7-8)15-6-4-13/h1-2,7H,3-6H2. The fourth-order valence-corrected chi connectivity index (χ4v) is 1.79. The van der Waals surface area contributed by atoms with E-state index in [2.05, 4.69) is 61.1 Å². The number of halogens is 3. The van der Waals surface area contributed by atoms with Crippen molar-refractivity contribution in [3.63, 3.8) is 0 Å². The van der Waals surface area contributed by atoms with Gasteiger partial charge in [-0.2, -0.15) is 0 Å². The summed E-state index contributed by atoms with van der Waals surface area (Å²) in [6.07, 6.45) is 0. The molecule has 0 atom stereocenters. The normalized spacial score (nSPS) is 10.1.